The quantitative estimate of drug-likeness (QED) is 0.784. The van der Waals surface area contributed by atoms with Gasteiger partial charge in [-0.3, -0.25) is 9.59 Å². The molecule has 102 valence electrons. The first-order valence-corrected chi connectivity index (χ1v) is 6.27. The summed E-state index contributed by atoms with van der Waals surface area (Å²) in [6, 6.07) is 18.2. The normalized spacial score (nSPS) is 9.90. The molecule has 0 atom stereocenters. The second-order valence-electron chi connectivity index (χ2n) is 4.40. The topological polar surface area (TPSA) is 40.6 Å². The van der Waals surface area contributed by atoms with E-state index in [0.29, 0.717) is 11.4 Å². The van der Waals surface area contributed by atoms with E-state index in [-0.39, 0.29) is 0 Å². The van der Waals surface area contributed by atoms with E-state index in [0.717, 1.165) is 0 Å². The molecular weight excluding hydrogens is 252 g/mol. The number of anilines is 2. The molecule has 0 aliphatic heterocycles. The Kier molecular flexibility index (Phi) is 4.15. The Morgan fingerprint density at radius 1 is 0.650 bits per heavy atom. The van der Waals surface area contributed by atoms with Crippen LogP contribution in [0.2, 0.25) is 0 Å². The van der Waals surface area contributed by atoms with Crippen LogP contribution in [0.4, 0.5) is 11.4 Å². The van der Waals surface area contributed by atoms with E-state index in [2.05, 4.69) is 0 Å². The average molecular weight is 268 g/mol. The van der Waals surface area contributed by atoms with Gasteiger partial charge in [0.15, 0.2) is 0 Å². The van der Waals surface area contributed by atoms with Gasteiger partial charge in [0.25, 0.3) is 0 Å². The number of carbonyl (C=O) groups excluding carboxylic acids is 2. The summed E-state index contributed by atoms with van der Waals surface area (Å²) in [6.45, 7) is 0. The maximum Gasteiger partial charge on any atom is 0.316 e. The third-order valence-corrected chi connectivity index (χ3v) is 3.08. The second-order valence-corrected chi connectivity index (χ2v) is 4.40. The van der Waals surface area contributed by atoms with Crippen LogP contribution >= 0.6 is 0 Å². The molecule has 0 heterocycles. The lowest BCUT2D eigenvalue weighted by Crippen LogP contribution is -2.42. The van der Waals surface area contributed by atoms with Gasteiger partial charge < -0.3 is 9.80 Å². The van der Waals surface area contributed by atoms with Gasteiger partial charge in [-0.1, -0.05) is 36.4 Å². The van der Waals surface area contributed by atoms with Crippen LogP contribution in [-0.2, 0) is 9.59 Å². The minimum absolute atomic E-state index is 0.567. The van der Waals surface area contributed by atoms with Crippen molar-refractivity contribution in [3.63, 3.8) is 0 Å². The molecule has 0 radical (unpaired) electrons. The van der Waals surface area contributed by atoms with Crippen LogP contribution in [0.25, 0.3) is 0 Å². The van der Waals surface area contributed by atoms with Gasteiger partial charge in [-0.2, -0.15) is 0 Å². The molecule has 0 aliphatic rings. The standard InChI is InChI=1S/C16H16N2O2/c1-17(13-9-5-3-6-10-13)15(19)16(20)18(2)14-11-7-4-8-12-14/h3-12H,1-2H3. The van der Waals surface area contributed by atoms with Crippen molar-refractivity contribution >= 4 is 23.2 Å². The molecule has 0 saturated carbocycles. The van der Waals surface area contributed by atoms with Gasteiger partial charge in [-0.05, 0) is 24.3 Å². The molecule has 0 fully saturated rings. The summed E-state index contributed by atoms with van der Waals surface area (Å²) in [5.74, 6) is -1.13. The first-order chi connectivity index (χ1) is 9.61. The SMILES string of the molecule is CN(C(=O)C(=O)N(C)c1ccccc1)c1ccccc1. The number of likely N-dealkylation sites (N-methyl/N-ethyl adjacent to an activating group) is 2. The number of nitrogens with zero attached hydrogens (tertiary/aromatic N) is 2. The van der Waals surface area contributed by atoms with Crippen LogP contribution in [0.5, 0.6) is 0 Å². The molecule has 0 aromatic heterocycles. The summed E-state index contributed by atoms with van der Waals surface area (Å²) in [4.78, 5) is 27.1. The summed E-state index contributed by atoms with van der Waals surface area (Å²) in [5.41, 5.74) is 1.37. The molecular formula is C16H16N2O2. The van der Waals surface area contributed by atoms with Gasteiger partial charge in [-0.15, -0.1) is 0 Å². The fourth-order valence-electron chi connectivity index (χ4n) is 1.82. The van der Waals surface area contributed by atoms with Crippen LogP contribution in [0.1, 0.15) is 0 Å². The molecule has 2 amide bonds. The lowest BCUT2D eigenvalue weighted by atomic mass is 10.2. The summed E-state index contributed by atoms with van der Waals surface area (Å²) >= 11 is 0. The van der Waals surface area contributed by atoms with Crippen LogP contribution < -0.4 is 9.80 Å². The fourth-order valence-corrected chi connectivity index (χ4v) is 1.82. The van der Waals surface area contributed by atoms with E-state index < -0.39 is 11.8 Å². The predicted molar refractivity (Wildman–Crippen MR) is 79.7 cm³/mol. The van der Waals surface area contributed by atoms with E-state index in [1.54, 1.807) is 38.4 Å². The van der Waals surface area contributed by atoms with Crippen molar-refractivity contribution in [2.24, 2.45) is 0 Å². The smallest absolute Gasteiger partial charge is 0.307 e. The monoisotopic (exact) mass is 268 g/mol. The predicted octanol–water partition coefficient (Wildman–Crippen LogP) is 2.31. The maximum absolute atomic E-state index is 12.2. The zero-order valence-corrected chi connectivity index (χ0v) is 11.5. The largest absolute Gasteiger partial charge is 0.316 e. The van der Waals surface area contributed by atoms with Crippen molar-refractivity contribution in [2.75, 3.05) is 23.9 Å². The van der Waals surface area contributed by atoms with Crippen molar-refractivity contribution in [1.29, 1.82) is 0 Å². The maximum atomic E-state index is 12.2. The van der Waals surface area contributed by atoms with E-state index >= 15 is 0 Å². The summed E-state index contributed by atoms with van der Waals surface area (Å²) in [6.07, 6.45) is 0. The lowest BCUT2D eigenvalue weighted by molar-refractivity contribution is -0.135. The van der Waals surface area contributed by atoms with E-state index in [1.165, 1.54) is 9.80 Å². The van der Waals surface area contributed by atoms with Gasteiger partial charge in [0.1, 0.15) is 0 Å². The van der Waals surface area contributed by atoms with Crippen LogP contribution in [0.3, 0.4) is 0 Å². The highest BCUT2D eigenvalue weighted by atomic mass is 16.2. The van der Waals surface area contributed by atoms with Crippen molar-refractivity contribution in [1.82, 2.24) is 0 Å². The minimum atomic E-state index is -0.567. The van der Waals surface area contributed by atoms with Gasteiger partial charge >= 0.3 is 11.8 Å². The summed E-state index contributed by atoms with van der Waals surface area (Å²) in [5, 5.41) is 0. The summed E-state index contributed by atoms with van der Waals surface area (Å²) in [7, 11) is 3.18. The number of carbonyl (C=O) groups is 2. The fraction of sp³-hybridized carbons (Fsp3) is 0.125. The number of hydrogen-bond acceptors (Lipinski definition) is 2. The molecule has 4 heteroatoms. The van der Waals surface area contributed by atoms with Crippen LogP contribution in [0.15, 0.2) is 60.7 Å². The zero-order chi connectivity index (χ0) is 14.5. The van der Waals surface area contributed by atoms with E-state index in [4.69, 9.17) is 0 Å². The third-order valence-electron chi connectivity index (χ3n) is 3.08. The highest BCUT2D eigenvalue weighted by Gasteiger charge is 2.24. The molecule has 0 N–H and O–H groups in total. The first kappa shape index (κ1) is 13.8. The molecule has 0 aliphatic carbocycles. The Morgan fingerprint density at radius 2 is 0.950 bits per heavy atom. The average Bonchev–Trinajstić information content (AvgIpc) is 2.53. The molecule has 4 nitrogen and oxygen atoms in total. The number of hydrogen-bond donors (Lipinski definition) is 0. The first-order valence-electron chi connectivity index (χ1n) is 6.27. The third kappa shape index (κ3) is 2.85. The highest BCUT2D eigenvalue weighted by molar-refractivity contribution is 6.44. The van der Waals surface area contributed by atoms with Crippen LogP contribution in [0, 0.1) is 0 Å². The molecule has 20 heavy (non-hydrogen) atoms. The van der Waals surface area contributed by atoms with E-state index in [1.807, 2.05) is 36.4 Å². The van der Waals surface area contributed by atoms with Gasteiger partial charge in [-0.25, -0.2) is 0 Å². The Bertz CT molecular complexity index is 541. The molecule has 2 rings (SSSR count). The molecule has 0 bridgehead atoms. The summed E-state index contributed by atoms with van der Waals surface area (Å²) < 4.78 is 0. The van der Waals surface area contributed by atoms with Crippen LogP contribution in [-0.4, -0.2) is 25.9 Å². The molecule has 2 aromatic carbocycles. The number of amides is 2. The minimum Gasteiger partial charge on any atom is -0.307 e. The molecule has 2 aromatic rings. The second kappa shape index (κ2) is 6.02. The molecule has 0 saturated heterocycles. The van der Waals surface area contributed by atoms with Gasteiger partial charge in [0.2, 0.25) is 0 Å². The van der Waals surface area contributed by atoms with Crippen molar-refractivity contribution < 1.29 is 9.59 Å². The van der Waals surface area contributed by atoms with E-state index in [9.17, 15) is 9.59 Å². The van der Waals surface area contributed by atoms with Gasteiger partial charge in [0.05, 0.1) is 0 Å². The molecule has 0 spiro atoms. The Labute approximate surface area is 118 Å². The van der Waals surface area contributed by atoms with Crippen molar-refractivity contribution in [3.05, 3.63) is 60.7 Å². The number of benzene rings is 2. The van der Waals surface area contributed by atoms with Gasteiger partial charge in [0, 0.05) is 25.5 Å². The number of para-hydroxylation sites is 2. The Morgan fingerprint density at radius 3 is 1.25 bits per heavy atom. The van der Waals surface area contributed by atoms with Crippen molar-refractivity contribution in [2.45, 2.75) is 0 Å². The molecule has 0 unspecified atom stereocenters. The zero-order valence-electron chi connectivity index (χ0n) is 11.5. The Hall–Kier alpha value is -2.62. The lowest BCUT2D eigenvalue weighted by Gasteiger charge is -2.21. The van der Waals surface area contributed by atoms with Crippen molar-refractivity contribution in [3.8, 4) is 0 Å². The Balaban J connectivity index is 2.15. The number of rotatable bonds is 2. The highest BCUT2D eigenvalue weighted by Crippen LogP contribution is 2.15.